The largest absolute Gasteiger partial charge is 0.356 e. The number of aliphatic imine (C=N–C) groups is 1. The van der Waals surface area contributed by atoms with Crippen LogP contribution in [-0.4, -0.2) is 35.9 Å². The van der Waals surface area contributed by atoms with Crippen LogP contribution in [0.4, 0.5) is 0 Å². The molecular weight excluding hydrogens is 298 g/mol. The smallest absolute Gasteiger partial charge is 0.190 e. The standard InChI is InChI=1S/C16H22ClN5/c1-18-16(20-9-7-14-11-21-22(2)12-14)19-8-6-13-4-3-5-15(17)10-13/h3-5,10-12H,6-9H2,1-2H3,(H2,18,19,20). The summed E-state index contributed by atoms with van der Waals surface area (Å²) >= 11 is 5.98. The molecule has 0 aliphatic carbocycles. The Morgan fingerprint density at radius 3 is 2.55 bits per heavy atom. The SMILES string of the molecule is CN=C(NCCc1cccc(Cl)c1)NCCc1cnn(C)c1. The summed E-state index contributed by atoms with van der Waals surface area (Å²) in [6, 6.07) is 7.92. The van der Waals surface area contributed by atoms with Gasteiger partial charge in [0.25, 0.3) is 0 Å². The van der Waals surface area contributed by atoms with Gasteiger partial charge >= 0.3 is 0 Å². The minimum absolute atomic E-state index is 0.775. The van der Waals surface area contributed by atoms with Crippen molar-refractivity contribution >= 4 is 17.6 Å². The number of guanidine groups is 1. The molecule has 0 spiro atoms. The summed E-state index contributed by atoms with van der Waals surface area (Å²) in [7, 11) is 3.70. The van der Waals surface area contributed by atoms with Crippen LogP contribution in [0, 0.1) is 0 Å². The summed E-state index contributed by atoms with van der Waals surface area (Å²) in [6.07, 6.45) is 5.74. The van der Waals surface area contributed by atoms with Gasteiger partial charge in [-0.05, 0) is 36.1 Å². The van der Waals surface area contributed by atoms with Crippen LogP contribution in [-0.2, 0) is 19.9 Å². The van der Waals surface area contributed by atoms with Crippen molar-refractivity contribution in [3.8, 4) is 0 Å². The van der Waals surface area contributed by atoms with Crippen LogP contribution in [0.5, 0.6) is 0 Å². The first-order valence-corrected chi connectivity index (χ1v) is 7.71. The van der Waals surface area contributed by atoms with Crippen molar-refractivity contribution in [1.82, 2.24) is 20.4 Å². The fourth-order valence-corrected chi connectivity index (χ4v) is 2.38. The summed E-state index contributed by atoms with van der Waals surface area (Å²) in [6.45, 7) is 1.63. The predicted octanol–water partition coefficient (Wildman–Crippen LogP) is 2.02. The van der Waals surface area contributed by atoms with Gasteiger partial charge in [-0.15, -0.1) is 0 Å². The van der Waals surface area contributed by atoms with Crippen LogP contribution in [0.2, 0.25) is 5.02 Å². The molecule has 0 unspecified atom stereocenters. The molecule has 0 saturated heterocycles. The van der Waals surface area contributed by atoms with Gasteiger partial charge in [0.05, 0.1) is 6.20 Å². The van der Waals surface area contributed by atoms with Crippen LogP contribution in [0.1, 0.15) is 11.1 Å². The van der Waals surface area contributed by atoms with Crippen molar-refractivity contribution in [2.24, 2.45) is 12.0 Å². The lowest BCUT2D eigenvalue weighted by Crippen LogP contribution is -2.39. The Morgan fingerprint density at radius 1 is 1.23 bits per heavy atom. The Balaban J connectivity index is 1.69. The molecular formula is C16H22ClN5. The third kappa shape index (κ3) is 5.41. The van der Waals surface area contributed by atoms with E-state index in [2.05, 4.69) is 26.8 Å². The van der Waals surface area contributed by atoms with E-state index < -0.39 is 0 Å². The first kappa shape index (κ1) is 16.4. The van der Waals surface area contributed by atoms with E-state index in [9.17, 15) is 0 Å². The highest BCUT2D eigenvalue weighted by molar-refractivity contribution is 6.30. The fourth-order valence-electron chi connectivity index (χ4n) is 2.16. The molecule has 0 aliphatic rings. The van der Waals surface area contributed by atoms with Gasteiger partial charge in [0.15, 0.2) is 5.96 Å². The topological polar surface area (TPSA) is 54.2 Å². The number of nitrogens with zero attached hydrogens (tertiary/aromatic N) is 3. The van der Waals surface area contributed by atoms with Crippen molar-refractivity contribution in [2.75, 3.05) is 20.1 Å². The zero-order valence-corrected chi connectivity index (χ0v) is 13.8. The summed E-state index contributed by atoms with van der Waals surface area (Å²) in [5, 5.41) is 11.5. The highest BCUT2D eigenvalue weighted by Gasteiger charge is 2.00. The van der Waals surface area contributed by atoms with Crippen molar-refractivity contribution < 1.29 is 0 Å². The Morgan fingerprint density at radius 2 is 1.95 bits per heavy atom. The molecule has 0 fully saturated rings. The second-order valence-corrected chi connectivity index (χ2v) is 5.51. The lowest BCUT2D eigenvalue weighted by Gasteiger charge is -2.11. The minimum Gasteiger partial charge on any atom is -0.356 e. The van der Waals surface area contributed by atoms with Gasteiger partial charge in [-0.3, -0.25) is 9.67 Å². The van der Waals surface area contributed by atoms with E-state index in [1.807, 2.05) is 42.3 Å². The molecule has 22 heavy (non-hydrogen) atoms. The van der Waals surface area contributed by atoms with Crippen LogP contribution >= 0.6 is 11.6 Å². The molecule has 0 atom stereocenters. The van der Waals surface area contributed by atoms with E-state index in [-0.39, 0.29) is 0 Å². The molecule has 1 aromatic carbocycles. The molecule has 2 rings (SSSR count). The summed E-state index contributed by atoms with van der Waals surface area (Å²) in [5.41, 5.74) is 2.43. The number of hydrogen-bond acceptors (Lipinski definition) is 2. The Hall–Kier alpha value is -2.01. The monoisotopic (exact) mass is 319 g/mol. The molecule has 118 valence electrons. The third-order valence-electron chi connectivity index (χ3n) is 3.28. The zero-order chi connectivity index (χ0) is 15.8. The average Bonchev–Trinajstić information content (AvgIpc) is 2.91. The Bertz CT molecular complexity index is 621. The molecule has 6 heteroatoms. The first-order chi connectivity index (χ1) is 10.7. The highest BCUT2D eigenvalue weighted by atomic mass is 35.5. The average molecular weight is 320 g/mol. The zero-order valence-electron chi connectivity index (χ0n) is 13.0. The molecule has 0 saturated carbocycles. The van der Waals surface area contributed by atoms with Crippen molar-refractivity contribution in [2.45, 2.75) is 12.8 Å². The van der Waals surface area contributed by atoms with E-state index in [4.69, 9.17) is 11.6 Å². The second-order valence-electron chi connectivity index (χ2n) is 5.08. The number of hydrogen-bond donors (Lipinski definition) is 2. The van der Waals surface area contributed by atoms with Crippen LogP contribution < -0.4 is 10.6 Å². The summed E-state index contributed by atoms with van der Waals surface area (Å²) < 4.78 is 1.81. The number of aryl methyl sites for hydroxylation is 1. The molecule has 1 heterocycles. The molecule has 2 aromatic rings. The van der Waals surface area contributed by atoms with E-state index in [0.29, 0.717) is 0 Å². The van der Waals surface area contributed by atoms with Gasteiger partial charge in [0.2, 0.25) is 0 Å². The number of halogens is 1. The molecule has 0 amide bonds. The van der Waals surface area contributed by atoms with Crippen LogP contribution in [0.25, 0.3) is 0 Å². The van der Waals surface area contributed by atoms with Crippen LogP contribution in [0.3, 0.4) is 0 Å². The van der Waals surface area contributed by atoms with Gasteiger partial charge in [-0.1, -0.05) is 23.7 Å². The summed E-state index contributed by atoms with van der Waals surface area (Å²) in [5.74, 6) is 0.811. The molecule has 5 nitrogen and oxygen atoms in total. The van der Waals surface area contributed by atoms with Gasteiger partial charge in [0, 0.05) is 38.4 Å². The van der Waals surface area contributed by atoms with E-state index >= 15 is 0 Å². The maximum absolute atomic E-state index is 5.98. The normalized spacial score (nSPS) is 11.5. The number of aromatic nitrogens is 2. The summed E-state index contributed by atoms with van der Waals surface area (Å²) in [4.78, 5) is 4.22. The van der Waals surface area contributed by atoms with Crippen LogP contribution in [0.15, 0.2) is 41.7 Å². The van der Waals surface area contributed by atoms with E-state index in [0.717, 1.165) is 36.9 Å². The third-order valence-corrected chi connectivity index (χ3v) is 3.52. The van der Waals surface area contributed by atoms with Gasteiger partial charge in [-0.25, -0.2) is 0 Å². The first-order valence-electron chi connectivity index (χ1n) is 7.34. The molecule has 1 aromatic heterocycles. The predicted molar refractivity (Wildman–Crippen MR) is 91.4 cm³/mol. The van der Waals surface area contributed by atoms with Gasteiger partial charge in [-0.2, -0.15) is 5.10 Å². The van der Waals surface area contributed by atoms with Crippen molar-refractivity contribution in [1.29, 1.82) is 0 Å². The molecule has 0 bridgehead atoms. The molecule has 0 aliphatic heterocycles. The number of rotatable bonds is 6. The number of nitrogens with one attached hydrogen (secondary N) is 2. The lowest BCUT2D eigenvalue weighted by atomic mass is 10.1. The minimum atomic E-state index is 0.775. The maximum atomic E-state index is 5.98. The van der Waals surface area contributed by atoms with Gasteiger partial charge < -0.3 is 10.6 Å². The fraction of sp³-hybridized carbons (Fsp3) is 0.375. The Labute approximate surface area is 136 Å². The van der Waals surface area contributed by atoms with E-state index in [1.165, 1.54) is 11.1 Å². The van der Waals surface area contributed by atoms with Crippen molar-refractivity contribution in [3.05, 3.63) is 52.8 Å². The second kappa shape index (κ2) is 8.44. The Kier molecular flexibility index (Phi) is 6.27. The van der Waals surface area contributed by atoms with Gasteiger partial charge in [0.1, 0.15) is 0 Å². The van der Waals surface area contributed by atoms with Crippen molar-refractivity contribution in [3.63, 3.8) is 0 Å². The molecule has 2 N–H and O–H groups in total. The highest BCUT2D eigenvalue weighted by Crippen LogP contribution is 2.10. The molecule has 0 radical (unpaired) electrons. The quantitative estimate of drug-likeness (QED) is 0.633. The number of benzene rings is 1. The lowest BCUT2D eigenvalue weighted by molar-refractivity contribution is 0.764. The maximum Gasteiger partial charge on any atom is 0.190 e. The van der Waals surface area contributed by atoms with E-state index in [1.54, 1.807) is 7.05 Å².